The molecular weight excluding hydrogens is 472 g/mol. The van der Waals surface area contributed by atoms with Crippen LogP contribution in [-0.2, 0) is 48.2 Å². The molecule has 1 aliphatic rings. The highest BCUT2D eigenvalue weighted by Crippen LogP contribution is 2.32. The highest BCUT2D eigenvalue weighted by molar-refractivity contribution is 5.15. The van der Waals surface area contributed by atoms with E-state index in [1.54, 1.807) is 7.11 Å². The lowest BCUT2D eigenvalue weighted by atomic mass is 9.94. The van der Waals surface area contributed by atoms with Gasteiger partial charge in [-0.2, -0.15) is 0 Å². The van der Waals surface area contributed by atoms with Crippen LogP contribution in [0.5, 0.6) is 0 Å². The average Bonchev–Trinajstić information content (AvgIpc) is 2.95. The number of ether oxygens (including phenoxy) is 6. The number of hydrogen-bond acceptors (Lipinski definition) is 7. The topological polar surface area (TPSA) is 75.6 Å². The maximum absolute atomic E-state index is 11.0. The molecule has 1 aliphatic heterocycles. The number of aliphatic hydroxyl groups excluding tert-OH is 1. The minimum Gasteiger partial charge on any atom is -0.388 e. The SMILES string of the molecule is COC[C@@H](O)[C@H]1O[C@@H](OC)[C@H](OCc2ccccc2)[C@H](OCc2ccccc2)[C@@H]1OCc1ccccc1. The summed E-state index contributed by atoms with van der Waals surface area (Å²) in [6.07, 6.45) is -4.35. The van der Waals surface area contributed by atoms with Crippen LogP contribution in [0.4, 0.5) is 0 Å². The summed E-state index contributed by atoms with van der Waals surface area (Å²) in [5, 5.41) is 11.0. The highest BCUT2D eigenvalue weighted by Gasteiger charge is 2.50. The van der Waals surface area contributed by atoms with E-state index in [0.717, 1.165) is 16.7 Å². The molecule has 1 heterocycles. The van der Waals surface area contributed by atoms with Gasteiger partial charge in [0.2, 0.25) is 0 Å². The third kappa shape index (κ3) is 7.69. The van der Waals surface area contributed by atoms with Gasteiger partial charge in [-0.3, -0.25) is 0 Å². The van der Waals surface area contributed by atoms with Crippen LogP contribution in [0.25, 0.3) is 0 Å². The van der Waals surface area contributed by atoms with Gasteiger partial charge in [0.05, 0.1) is 26.4 Å². The molecule has 0 saturated carbocycles. The summed E-state index contributed by atoms with van der Waals surface area (Å²) in [5.41, 5.74) is 3.03. The number of hydrogen-bond donors (Lipinski definition) is 1. The molecule has 0 bridgehead atoms. The van der Waals surface area contributed by atoms with Gasteiger partial charge in [-0.05, 0) is 16.7 Å². The molecule has 0 amide bonds. The summed E-state index contributed by atoms with van der Waals surface area (Å²) >= 11 is 0. The van der Waals surface area contributed by atoms with Crippen molar-refractivity contribution in [1.82, 2.24) is 0 Å². The predicted molar refractivity (Wildman–Crippen MR) is 139 cm³/mol. The van der Waals surface area contributed by atoms with Crippen molar-refractivity contribution in [2.24, 2.45) is 0 Å². The molecule has 7 heteroatoms. The average molecular weight is 509 g/mol. The number of benzene rings is 3. The van der Waals surface area contributed by atoms with Gasteiger partial charge < -0.3 is 33.5 Å². The lowest BCUT2D eigenvalue weighted by Crippen LogP contribution is -2.63. The molecule has 37 heavy (non-hydrogen) atoms. The summed E-state index contributed by atoms with van der Waals surface area (Å²) in [6.45, 7) is 1.08. The fourth-order valence-corrected chi connectivity index (χ4v) is 4.46. The Balaban J connectivity index is 1.62. The summed E-state index contributed by atoms with van der Waals surface area (Å²) in [4.78, 5) is 0. The zero-order chi connectivity index (χ0) is 25.9. The highest BCUT2D eigenvalue weighted by atomic mass is 16.7. The van der Waals surface area contributed by atoms with Crippen LogP contribution in [0, 0.1) is 0 Å². The zero-order valence-electron chi connectivity index (χ0n) is 21.3. The van der Waals surface area contributed by atoms with E-state index < -0.39 is 36.8 Å². The van der Waals surface area contributed by atoms with Crippen LogP contribution in [0.2, 0.25) is 0 Å². The predicted octanol–water partition coefficient (Wildman–Crippen LogP) is 4.12. The first-order chi connectivity index (χ1) is 18.2. The number of methoxy groups -OCH3 is 2. The lowest BCUT2D eigenvalue weighted by Gasteiger charge is -2.46. The monoisotopic (exact) mass is 508 g/mol. The van der Waals surface area contributed by atoms with Gasteiger partial charge in [0.15, 0.2) is 6.29 Å². The summed E-state index contributed by atoms with van der Waals surface area (Å²) in [5.74, 6) is 0. The summed E-state index contributed by atoms with van der Waals surface area (Å²) < 4.78 is 36.5. The minimum atomic E-state index is -0.957. The van der Waals surface area contributed by atoms with Gasteiger partial charge in [-0.1, -0.05) is 91.0 Å². The molecule has 0 aliphatic carbocycles. The molecule has 0 unspecified atom stereocenters. The van der Waals surface area contributed by atoms with Crippen LogP contribution in [0.15, 0.2) is 91.0 Å². The van der Waals surface area contributed by atoms with Crippen molar-refractivity contribution in [3.63, 3.8) is 0 Å². The maximum Gasteiger partial charge on any atom is 0.186 e. The molecule has 1 fully saturated rings. The van der Waals surface area contributed by atoms with E-state index >= 15 is 0 Å². The quantitative estimate of drug-likeness (QED) is 0.372. The standard InChI is InChI=1S/C30H36O7/c1-32-21-25(31)26-27(34-18-22-12-6-3-7-13-22)28(35-19-23-14-8-4-9-15-23)29(30(33-2)37-26)36-20-24-16-10-5-11-17-24/h3-17,25-31H,18-21H2,1-2H3/t25-,26-,27-,28-,29-,30-/m1/s1. The van der Waals surface area contributed by atoms with Gasteiger partial charge in [-0.15, -0.1) is 0 Å². The third-order valence-corrected chi connectivity index (χ3v) is 6.34. The molecule has 7 nitrogen and oxygen atoms in total. The Hall–Kier alpha value is -2.62. The van der Waals surface area contributed by atoms with Crippen molar-refractivity contribution in [3.8, 4) is 0 Å². The van der Waals surface area contributed by atoms with Crippen molar-refractivity contribution in [1.29, 1.82) is 0 Å². The first-order valence-electron chi connectivity index (χ1n) is 12.5. The number of rotatable bonds is 13. The molecule has 198 valence electrons. The van der Waals surface area contributed by atoms with E-state index in [0.29, 0.717) is 19.8 Å². The molecule has 0 aromatic heterocycles. The molecule has 6 atom stereocenters. The zero-order valence-corrected chi connectivity index (χ0v) is 21.3. The van der Waals surface area contributed by atoms with E-state index in [1.807, 2.05) is 91.0 Å². The Bertz CT molecular complexity index is 1020. The minimum absolute atomic E-state index is 0.0766. The molecular formula is C30H36O7. The van der Waals surface area contributed by atoms with Crippen LogP contribution < -0.4 is 0 Å². The van der Waals surface area contributed by atoms with Crippen molar-refractivity contribution < 1.29 is 33.5 Å². The fourth-order valence-electron chi connectivity index (χ4n) is 4.46. The second-order valence-corrected chi connectivity index (χ2v) is 9.01. The van der Waals surface area contributed by atoms with E-state index in [2.05, 4.69) is 0 Å². The van der Waals surface area contributed by atoms with E-state index in [1.165, 1.54) is 7.11 Å². The van der Waals surface area contributed by atoms with Gasteiger partial charge in [0.25, 0.3) is 0 Å². The van der Waals surface area contributed by atoms with Crippen LogP contribution in [0.3, 0.4) is 0 Å². The summed E-state index contributed by atoms with van der Waals surface area (Å²) in [6, 6.07) is 29.7. The molecule has 4 rings (SSSR count). The van der Waals surface area contributed by atoms with Crippen LogP contribution >= 0.6 is 0 Å². The number of aliphatic hydroxyl groups is 1. The fraction of sp³-hybridized carbons (Fsp3) is 0.400. The Labute approximate surface area is 218 Å². The van der Waals surface area contributed by atoms with Gasteiger partial charge in [0.1, 0.15) is 30.5 Å². The lowest BCUT2D eigenvalue weighted by molar-refractivity contribution is -0.330. The van der Waals surface area contributed by atoms with Crippen molar-refractivity contribution in [3.05, 3.63) is 108 Å². The third-order valence-electron chi connectivity index (χ3n) is 6.34. The van der Waals surface area contributed by atoms with E-state index in [9.17, 15) is 5.11 Å². The Morgan fingerprint density at radius 1 is 0.649 bits per heavy atom. The largest absolute Gasteiger partial charge is 0.388 e. The molecule has 1 saturated heterocycles. The molecule has 1 N–H and O–H groups in total. The summed E-state index contributed by atoms with van der Waals surface area (Å²) in [7, 11) is 3.09. The van der Waals surface area contributed by atoms with Crippen molar-refractivity contribution >= 4 is 0 Å². The first kappa shape index (κ1) is 27.4. The maximum atomic E-state index is 11.0. The van der Waals surface area contributed by atoms with E-state index in [4.69, 9.17) is 28.4 Å². The van der Waals surface area contributed by atoms with Crippen molar-refractivity contribution in [2.75, 3.05) is 20.8 Å². The Morgan fingerprint density at radius 3 is 1.51 bits per heavy atom. The second-order valence-electron chi connectivity index (χ2n) is 9.01. The van der Waals surface area contributed by atoms with Crippen LogP contribution in [0.1, 0.15) is 16.7 Å². The Kier molecular flexibility index (Phi) is 10.6. The smallest absolute Gasteiger partial charge is 0.186 e. The Morgan fingerprint density at radius 2 is 1.08 bits per heavy atom. The van der Waals surface area contributed by atoms with Gasteiger partial charge >= 0.3 is 0 Å². The van der Waals surface area contributed by atoms with Gasteiger partial charge in [-0.25, -0.2) is 0 Å². The van der Waals surface area contributed by atoms with Crippen LogP contribution in [-0.4, -0.2) is 62.7 Å². The van der Waals surface area contributed by atoms with E-state index in [-0.39, 0.29) is 6.61 Å². The second kappa shape index (κ2) is 14.4. The first-order valence-corrected chi connectivity index (χ1v) is 12.5. The molecule has 3 aromatic carbocycles. The molecule has 0 radical (unpaired) electrons. The van der Waals surface area contributed by atoms with Gasteiger partial charge in [0, 0.05) is 14.2 Å². The molecule has 3 aromatic rings. The van der Waals surface area contributed by atoms with Crippen molar-refractivity contribution in [2.45, 2.75) is 56.6 Å². The molecule has 0 spiro atoms. The normalized spacial score (nSPS) is 24.6.